The average molecular weight is 684 g/mol. The van der Waals surface area contributed by atoms with Crippen LogP contribution >= 0.6 is 0 Å². The number of hydrogen-bond acceptors (Lipinski definition) is 9. The monoisotopic (exact) mass is 683 g/mol. The summed E-state index contributed by atoms with van der Waals surface area (Å²) in [6.07, 6.45) is -3.86. The Kier molecular flexibility index (Phi) is 10.6. The third kappa shape index (κ3) is 7.63. The Hall–Kier alpha value is -3.94. The van der Waals surface area contributed by atoms with Gasteiger partial charge in [-0.15, -0.1) is 0 Å². The van der Waals surface area contributed by atoms with Crippen LogP contribution in [0.2, 0.25) is 0 Å². The zero-order chi connectivity index (χ0) is 34.6. The number of ether oxygens (including phenoxy) is 4. The van der Waals surface area contributed by atoms with Crippen molar-refractivity contribution in [2.24, 2.45) is 5.41 Å². The molecule has 1 amide bonds. The molecule has 264 valence electrons. The summed E-state index contributed by atoms with van der Waals surface area (Å²) in [5, 5.41) is 0. The molecular weight excluding hydrogens is 639 g/mol. The summed E-state index contributed by atoms with van der Waals surface area (Å²) in [6.45, 7) is 6.47. The number of piperazine rings is 2. The number of alkyl halides is 3. The Morgan fingerprint density at radius 1 is 0.939 bits per heavy atom. The molecule has 2 atom stereocenters. The first-order valence-corrected chi connectivity index (χ1v) is 16.9. The van der Waals surface area contributed by atoms with Crippen molar-refractivity contribution in [3.8, 4) is 17.8 Å². The van der Waals surface area contributed by atoms with Gasteiger partial charge in [0.05, 0.1) is 37.9 Å². The van der Waals surface area contributed by atoms with Crippen LogP contribution in [-0.4, -0.2) is 115 Å². The van der Waals surface area contributed by atoms with Gasteiger partial charge < -0.3 is 23.8 Å². The molecule has 3 aromatic rings. The standard InChI is InChI=1S/C36H44F3N5O5/c1-4-35(22-47-23-35)33(45)43-16-17-44-27(19-43)18-42(21-29(44)30(25-12-8-6-9-13-25)26-14-10-7-11-15-26)20-28-31(46-3)40-34(48-5-2)41-32(28)49-24-36(37,38)39/h6-15,27,29-30H,4-5,16-24H2,1-3H3/t27-,29+/m1/s1. The van der Waals surface area contributed by atoms with Crippen molar-refractivity contribution in [1.29, 1.82) is 0 Å². The average Bonchev–Trinajstić information content (AvgIpc) is 3.08. The van der Waals surface area contributed by atoms with E-state index < -0.39 is 18.2 Å². The first-order valence-electron chi connectivity index (χ1n) is 16.9. The van der Waals surface area contributed by atoms with E-state index in [4.69, 9.17) is 18.9 Å². The van der Waals surface area contributed by atoms with Crippen LogP contribution in [0.15, 0.2) is 60.7 Å². The van der Waals surface area contributed by atoms with Gasteiger partial charge in [0.1, 0.15) is 0 Å². The minimum atomic E-state index is -4.57. The highest BCUT2D eigenvalue weighted by molar-refractivity contribution is 5.84. The highest BCUT2D eigenvalue weighted by Crippen LogP contribution is 2.39. The lowest BCUT2D eigenvalue weighted by Crippen LogP contribution is -2.69. The van der Waals surface area contributed by atoms with Crippen molar-refractivity contribution in [2.75, 3.05) is 66.3 Å². The number of carbonyl (C=O) groups is 1. The van der Waals surface area contributed by atoms with Gasteiger partial charge in [0.25, 0.3) is 0 Å². The number of aromatic nitrogens is 2. The molecule has 3 aliphatic rings. The molecule has 0 radical (unpaired) electrons. The van der Waals surface area contributed by atoms with Crippen LogP contribution in [0.25, 0.3) is 0 Å². The third-order valence-corrected chi connectivity index (χ3v) is 9.88. The number of benzene rings is 2. The lowest BCUT2D eigenvalue weighted by atomic mass is 9.80. The Labute approximate surface area is 285 Å². The lowest BCUT2D eigenvalue weighted by molar-refractivity contribution is -0.177. The van der Waals surface area contributed by atoms with E-state index >= 15 is 0 Å². The number of fused-ring (bicyclic) bond motifs is 1. The number of hydrogen-bond donors (Lipinski definition) is 0. The van der Waals surface area contributed by atoms with Gasteiger partial charge in [-0.3, -0.25) is 14.6 Å². The number of halogens is 3. The van der Waals surface area contributed by atoms with Crippen LogP contribution in [0.4, 0.5) is 13.2 Å². The highest BCUT2D eigenvalue weighted by atomic mass is 19.4. The van der Waals surface area contributed by atoms with E-state index in [-0.39, 0.29) is 54.8 Å². The molecule has 0 unspecified atom stereocenters. The van der Waals surface area contributed by atoms with Gasteiger partial charge in [-0.25, -0.2) is 0 Å². The van der Waals surface area contributed by atoms with Crippen molar-refractivity contribution in [3.05, 3.63) is 77.4 Å². The van der Waals surface area contributed by atoms with Crippen LogP contribution in [-0.2, 0) is 16.1 Å². The first-order chi connectivity index (χ1) is 23.6. The molecule has 0 N–H and O–H groups in total. The molecule has 4 heterocycles. The third-order valence-electron chi connectivity index (χ3n) is 9.88. The molecular formula is C36H44F3N5O5. The predicted molar refractivity (Wildman–Crippen MR) is 176 cm³/mol. The van der Waals surface area contributed by atoms with E-state index in [1.165, 1.54) is 7.11 Å². The van der Waals surface area contributed by atoms with Crippen LogP contribution < -0.4 is 14.2 Å². The molecule has 13 heteroatoms. The van der Waals surface area contributed by atoms with Gasteiger partial charge in [-0.1, -0.05) is 67.6 Å². The zero-order valence-corrected chi connectivity index (χ0v) is 28.2. The van der Waals surface area contributed by atoms with E-state index in [1.54, 1.807) is 6.92 Å². The van der Waals surface area contributed by atoms with Crippen molar-refractivity contribution in [2.45, 2.75) is 51.0 Å². The van der Waals surface area contributed by atoms with E-state index in [0.29, 0.717) is 57.9 Å². The summed E-state index contributed by atoms with van der Waals surface area (Å²) in [4.78, 5) is 29.1. The van der Waals surface area contributed by atoms with Crippen molar-refractivity contribution in [3.63, 3.8) is 0 Å². The molecule has 3 aliphatic heterocycles. The van der Waals surface area contributed by atoms with Gasteiger partial charge in [0.15, 0.2) is 6.61 Å². The first kappa shape index (κ1) is 34.9. The van der Waals surface area contributed by atoms with E-state index in [0.717, 1.165) is 11.1 Å². The molecule has 6 rings (SSSR count). The zero-order valence-electron chi connectivity index (χ0n) is 28.2. The maximum atomic E-state index is 13.9. The lowest BCUT2D eigenvalue weighted by Gasteiger charge is -2.55. The summed E-state index contributed by atoms with van der Waals surface area (Å²) >= 11 is 0. The molecule has 0 saturated carbocycles. The van der Waals surface area contributed by atoms with E-state index in [2.05, 4.69) is 44.0 Å². The number of rotatable bonds is 12. The number of carbonyl (C=O) groups excluding carboxylic acids is 1. The summed E-state index contributed by atoms with van der Waals surface area (Å²) in [7, 11) is 1.41. The highest BCUT2D eigenvalue weighted by Gasteiger charge is 2.49. The number of amides is 1. The molecule has 3 fully saturated rings. The van der Waals surface area contributed by atoms with Crippen LogP contribution in [0.5, 0.6) is 17.8 Å². The Balaban J connectivity index is 1.37. The molecule has 1 aromatic heterocycles. The maximum absolute atomic E-state index is 13.9. The van der Waals surface area contributed by atoms with Gasteiger partial charge in [-0.05, 0) is 24.5 Å². The van der Waals surface area contributed by atoms with Gasteiger partial charge in [0.2, 0.25) is 17.7 Å². The SMILES string of the molecule is CCOc1nc(OC)c(CN2C[C@@H]3CN(C(=O)C4(CC)COC4)CCN3[C@H](C(c3ccccc3)c3ccccc3)C2)c(OCC(F)(F)F)n1. The Bertz CT molecular complexity index is 1510. The van der Waals surface area contributed by atoms with Gasteiger partial charge >= 0.3 is 12.2 Å². The fourth-order valence-corrected chi connectivity index (χ4v) is 7.36. The second-order valence-electron chi connectivity index (χ2n) is 13.0. The molecule has 0 bridgehead atoms. The molecule has 10 nitrogen and oxygen atoms in total. The quantitative estimate of drug-likeness (QED) is 0.268. The number of methoxy groups -OCH3 is 1. The molecule has 3 saturated heterocycles. The maximum Gasteiger partial charge on any atom is 0.422 e. The molecule has 0 spiro atoms. The minimum Gasteiger partial charge on any atom is -0.481 e. The largest absolute Gasteiger partial charge is 0.481 e. The Morgan fingerprint density at radius 2 is 1.59 bits per heavy atom. The fraction of sp³-hybridized carbons (Fsp3) is 0.528. The topological polar surface area (TPSA) is 89.5 Å². The second kappa shape index (κ2) is 14.9. The van der Waals surface area contributed by atoms with Crippen molar-refractivity contribution >= 4 is 5.91 Å². The van der Waals surface area contributed by atoms with Crippen molar-refractivity contribution in [1.82, 2.24) is 24.7 Å². The normalized spacial score (nSPS) is 21.2. The predicted octanol–water partition coefficient (Wildman–Crippen LogP) is 4.78. The van der Waals surface area contributed by atoms with Crippen LogP contribution in [0, 0.1) is 5.41 Å². The van der Waals surface area contributed by atoms with Crippen LogP contribution in [0.1, 0.15) is 42.9 Å². The minimum absolute atomic E-state index is 0.0172. The van der Waals surface area contributed by atoms with E-state index in [1.807, 2.05) is 48.2 Å². The van der Waals surface area contributed by atoms with Gasteiger partial charge in [-0.2, -0.15) is 23.1 Å². The smallest absolute Gasteiger partial charge is 0.422 e. The summed E-state index contributed by atoms with van der Waals surface area (Å²) < 4.78 is 61.9. The Morgan fingerprint density at radius 3 is 2.14 bits per heavy atom. The van der Waals surface area contributed by atoms with E-state index in [9.17, 15) is 18.0 Å². The molecule has 2 aromatic carbocycles. The summed E-state index contributed by atoms with van der Waals surface area (Å²) in [6, 6.07) is 20.5. The molecule has 49 heavy (non-hydrogen) atoms. The second-order valence-corrected chi connectivity index (χ2v) is 13.0. The summed E-state index contributed by atoms with van der Waals surface area (Å²) in [5.74, 6) is -0.0322. The number of nitrogens with zero attached hydrogens (tertiary/aromatic N) is 5. The molecule has 0 aliphatic carbocycles. The van der Waals surface area contributed by atoms with Gasteiger partial charge in [0, 0.05) is 57.3 Å². The summed E-state index contributed by atoms with van der Waals surface area (Å²) in [5.41, 5.74) is 2.14. The fourth-order valence-electron chi connectivity index (χ4n) is 7.36. The van der Waals surface area contributed by atoms with Crippen LogP contribution in [0.3, 0.4) is 0 Å². The van der Waals surface area contributed by atoms with Crippen molar-refractivity contribution < 1.29 is 36.9 Å².